The van der Waals surface area contributed by atoms with Gasteiger partial charge in [-0.3, -0.25) is 9.69 Å². The van der Waals surface area contributed by atoms with E-state index in [1.54, 1.807) is 14.2 Å². The molecule has 0 aliphatic carbocycles. The minimum Gasteiger partial charge on any atom is -0.475 e. The molecule has 0 bridgehead atoms. The molecule has 0 N–H and O–H groups in total. The van der Waals surface area contributed by atoms with Crippen molar-refractivity contribution in [2.45, 2.75) is 136 Å². The average molecular weight is 620 g/mol. The first-order valence-electron chi connectivity index (χ1n) is 15.8. The van der Waals surface area contributed by atoms with Crippen LogP contribution in [-0.4, -0.2) is 67.1 Å². The average Bonchev–Trinajstić information content (AvgIpc) is 3.43. The molecule has 1 unspecified atom stereocenters. The number of hydrogen-bond donors (Lipinski definition) is 0. The van der Waals surface area contributed by atoms with Crippen molar-refractivity contribution in [3.8, 4) is 5.88 Å². The van der Waals surface area contributed by atoms with Gasteiger partial charge in [0.15, 0.2) is 0 Å². The van der Waals surface area contributed by atoms with Gasteiger partial charge in [-0.2, -0.15) is 4.37 Å². The molecule has 1 rings (SSSR count). The van der Waals surface area contributed by atoms with E-state index in [0.717, 1.165) is 38.1 Å². The predicted molar refractivity (Wildman–Crippen MR) is 178 cm³/mol. The third-order valence-corrected chi connectivity index (χ3v) is 7.20. The Morgan fingerprint density at radius 2 is 1.37 bits per heavy atom. The van der Waals surface area contributed by atoms with Crippen molar-refractivity contribution in [1.82, 2.24) is 13.6 Å². The summed E-state index contributed by atoms with van der Waals surface area (Å²) >= 11 is 5.57. The Morgan fingerprint density at radius 1 is 0.854 bits per heavy atom. The van der Waals surface area contributed by atoms with E-state index in [1.807, 2.05) is 7.11 Å². The molecular weight excluding hydrogens is 558 g/mol. The summed E-state index contributed by atoms with van der Waals surface area (Å²) in [5.74, 6) is 0.926. The predicted octanol–water partition coefficient (Wildman–Crippen LogP) is 9.57. The van der Waals surface area contributed by atoms with E-state index in [9.17, 15) is 0 Å². The molecule has 7 nitrogen and oxygen atoms in total. The van der Waals surface area contributed by atoms with Crippen LogP contribution in [-0.2, 0) is 14.3 Å². The van der Waals surface area contributed by atoms with Crippen molar-refractivity contribution < 1.29 is 19.0 Å². The second-order valence-corrected chi connectivity index (χ2v) is 11.1. The molecule has 41 heavy (non-hydrogen) atoms. The number of rotatable bonds is 24. The number of carbonyl (C=O) groups is 1. The highest BCUT2D eigenvalue weighted by Crippen LogP contribution is 2.27. The summed E-state index contributed by atoms with van der Waals surface area (Å²) in [5, 5.41) is 0. The molecule has 9 heteroatoms. The molecular formula is C32H62ClN3O4S. The second-order valence-electron chi connectivity index (χ2n) is 10.4. The zero-order valence-corrected chi connectivity index (χ0v) is 29.0. The molecule has 1 aromatic heterocycles. The van der Waals surface area contributed by atoms with E-state index < -0.39 is 0 Å². The zero-order chi connectivity index (χ0) is 31.0. The number of halogens is 1. The van der Waals surface area contributed by atoms with E-state index in [-0.39, 0.29) is 12.0 Å². The molecule has 0 aromatic carbocycles. The lowest BCUT2D eigenvalue weighted by molar-refractivity contribution is -0.0177. The van der Waals surface area contributed by atoms with Crippen LogP contribution in [0.5, 0.6) is 5.88 Å². The zero-order valence-electron chi connectivity index (χ0n) is 27.4. The number of methoxy groups -OCH3 is 2. The minimum absolute atomic E-state index is 0.124. The van der Waals surface area contributed by atoms with Crippen LogP contribution in [0.3, 0.4) is 0 Å². The van der Waals surface area contributed by atoms with Crippen molar-refractivity contribution in [3.05, 3.63) is 11.8 Å². The summed E-state index contributed by atoms with van der Waals surface area (Å²) in [4.78, 5) is 10.9. The van der Waals surface area contributed by atoms with Crippen molar-refractivity contribution >= 4 is 34.6 Å². The monoisotopic (exact) mass is 619 g/mol. The Bertz CT molecular complexity index is 706. The maximum Gasteiger partial charge on any atom is 0.253 e. The number of hydrogen-bond acceptors (Lipinski definition) is 8. The molecule has 0 saturated carbocycles. The van der Waals surface area contributed by atoms with Crippen molar-refractivity contribution in [2.24, 2.45) is 0 Å². The fraction of sp³-hybridized carbons (Fsp3) is 0.844. The van der Waals surface area contributed by atoms with Crippen LogP contribution in [0.4, 0.5) is 0 Å². The van der Waals surface area contributed by atoms with Crippen LogP contribution in [0.15, 0.2) is 6.08 Å². The highest BCUT2D eigenvalue weighted by atomic mass is 35.5. The van der Waals surface area contributed by atoms with Gasteiger partial charge in [0.2, 0.25) is 5.75 Å². The Morgan fingerprint density at radius 3 is 1.90 bits per heavy atom. The standard InChI is InChI=1S/C29H55N3O2S.C2H6O.CHClO/c1-6-9-12-14-15-16-17-18-20-23-27(33-5)32(4)25-26(22-19-11-8-3)28-29(31-35-30-28)34-24-21-13-10-7-2;1-3-2;2-1-3/h22,27H,6-21,23-25H2,1-5H3;1-2H3;1H/b26-22+;;. The number of allylic oxidation sites excluding steroid dienone is 1. The Balaban J connectivity index is 0. The molecule has 0 aliphatic rings. The van der Waals surface area contributed by atoms with E-state index >= 15 is 0 Å². The molecule has 0 radical (unpaired) electrons. The maximum atomic E-state index is 8.57. The lowest BCUT2D eigenvalue weighted by Gasteiger charge is -2.27. The summed E-state index contributed by atoms with van der Waals surface area (Å²) in [5.41, 5.74) is 2.14. The van der Waals surface area contributed by atoms with Gasteiger partial charge in [0.25, 0.3) is 5.88 Å². The molecule has 0 aliphatic heterocycles. The van der Waals surface area contributed by atoms with Crippen LogP contribution in [0, 0.1) is 0 Å². The minimum atomic E-state index is 0.124. The summed E-state index contributed by atoms with van der Waals surface area (Å²) in [6.07, 6.45) is 23.9. The summed E-state index contributed by atoms with van der Waals surface area (Å²) in [6, 6.07) is 0. The molecule has 1 heterocycles. The Kier molecular flexibility index (Phi) is 34.3. The molecule has 1 atom stereocenters. The van der Waals surface area contributed by atoms with Gasteiger partial charge in [-0.25, -0.2) is 0 Å². The molecule has 0 saturated heterocycles. The number of aromatic nitrogens is 2. The number of carbonyl (C=O) groups excluding carboxylic acids is 1. The molecule has 242 valence electrons. The normalized spacial score (nSPS) is 11.9. The fourth-order valence-electron chi connectivity index (χ4n) is 4.40. The van der Waals surface area contributed by atoms with Crippen LogP contribution < -0.4 is 4.74 Å². The summed E-state index contributed by atoms with van der Waals surface area (Å²) < 4.78 is 25.3. The number of nitrogens with zero attached hydrogens (tertiary/aromatic N) is 3. The number of likely N-dealkylation sites (N-methyl/N-ethyl adjacent to an activating group) is 1. The van der Waals surface area contributed by atoms with Gasteiger partial charge in [-0.1, -0.05) is 110 Å². The number of ether oxygens (including phenoxy) is 3. The maximum absolute atomic E-state index is 8.57. The van der Waals surface area contributed by atoms with Crippen LogP contribution >= 0.6 is 23.3 Å². The van der Waals surface area contributed by atoms with Crippen molar-refractivity contribution in [3.63, 3.8) is 0 Å². The van der Waals surface area contributed by atoms with Gasteiger partial charge in [0.1, 0.15) is 11.9 Å². The van der Waals surface area contributed by atoms with Crippen LogP contribution in [0.1, 0.15) is 136 Å². The lowest BCUT2D eigenvalue weighted by atomic mass is 10.1. The quantitative estimate of drug-likeness (QED) is 0.0493. The van der Waals surface area contributed by atoms with Gasteiger partial charge in [-0.15, -0.1) is 4.37 Å². The lowest BCUT2D eigenvalue weighted by Crippen LogP contribution is -2.34. The van der Waals surface area contributed by atoms with Gasteiger partial charge >= 0.3 is 0 Å². The first-order chi connectivity index (χ1) is 20.0. The SMILES string of the molecule is CCCC/C=C(\CN(C)C(CCCCCCCCCCC)OC)c1nsnc1OCCCCCC.COC.O=CCl. The molecule has 1 aromatic rings. The smallest absolute Gasteiger partial charge is 0.253 e. The second kappa shape index (κ2) is 33.4. The van der Waals surface area contributed by atoms with Crippen molar-refractivity contribution in [2.75, 3.05) is 41.5 Å². The first kappa shape index (κ1) is 42.1. The van der Waals surface area contributed by atoms with E-state index in [0.29, 0.717) is 5.88 Å². The third-order valence-electron chi connectivity index (χ3n) is 6.69. The highest BCUT2D eigenvalue weighted by molar-refractivity contribution is 6.99. The van der Waals surface area contributed by atoms with Crippen LogP contribution in [0.25, 0.3) is 5.57 Å². The number of unbranched alkanes of at least 4 members (excludes halogenated alkanes) is 13. The first-order valence-corrected chi connectivity index (χ1v) is 17.0. The summed E-state index contributed by atoms with van der Waals surface area (Å²) in [6.45, 7) is 8.27. The van der Waals surface area contributed by atoms with Gasteiger partial charge < -0.3 is 14.2 Å². The Hall–Kier alpha value is -1.06. The third kappa shape index (κ3) is 25.2. The van der Waals surface area contributed by atoms with Gasteiger partial charge in [-0.05, 0) is 49.9 Å². The molecule has 0 amide bonds. The van der Waals surface area contributed by atoms with Gasteiger partial charge in [0.05, 0.1) is 18.3 Å². The summed E-state index contributed by atoms with van der Waals surface area (Å²) in [7, 11) is 7.26. The van der Waals surface area contributed by atoms with E-state index in [2.05, 4.69) is 63.9 Å². The molecule has 0 fully saturated rings. The largest absolute Gasteiger partial charge is 0.475 e. The van der Waals surface area contributed by atoms with Crippen LogP contribution in [0.2, 0.25) is 0 Å². The van der Waals surface area contributed by atoms with Gasteiger partial charge in [0, 0.05) is 27.9 Å². The highest BCUT2D eigenvalue weighted by Gasteiger charge is 2.20. The molecule has 0 spiro atoms. The van der Waals surface area contributed by atoms with E-state index in [1.165, 1.54) is 107 Å². The van der Waals surface area contributed by atoms with E-state index in [4.69, 9.17) is 14.3 Å². The topological polar surface area (TPSA) is 73.8 Å². The fourth-order valence-corrected chi connectivity index (χ4v) is 4.93. The van der Waals surface area contributed by atoms with Crippen molar-refractivity contribution in [1.29, 1.82) is 0 Å². The Labute approximate surface area is 262 Å².